The standard InChI is InChI=1S/C16H18N2O2/c1-12-3-7-14(8-4-12)16(19)18-17-11-20-15-9-5-13(2)6-10-15/h3-10,17H,11H2,1-2H3,(H,18,19). The van der Waals surface area contributed by atoms with Crippen LogP contribution in [0, 0.1) is 13.8 Å². The van der Waals surface area contributed by atoms with Crippen LogP contribution in [0.5, 0.6) is 5.75 Å². The number of hydrogen-bond acceptors (Lipinski definition) is 3. The Hall–Kier alpha value is -2.33. The van der Waals surface area contributed by atoms with E-state index in [-0.39, 0.29) is 12.6 Å². The van der Waals surface area contributed by atoms with E-state index in [0.29, 0.717) is 5.56 Å². The van der Waals surface area contributed by atoms with E-state index in [1.165, 1.54) is 5.56 Å². The zero-order valence-corrected chi connectivity index (χ0v) is 11.6. The maximum atomic E-state index is 11.8. The highest BCUT2D eigenvalue weighted by Crippen LogP contribution is 2.10. The molecule has 0 aromatic heterocycles. The van der Waals surface area contributed by atoms with Crippen LogP contribution < -0.4 is 15.6 Å². The van der Waals surface area contributed by atoms with Gasteiger partial charge in [-0.3, -0.25) is 10.2 Å². The second-order valence-corrected chi connectivity index (χ2v) is 4.60. The number of ether oxygens (including phenoxy) is 1. The van der Waals surface area contributed by atoms with E-state index in [1.54, 1.807) is 12.1 Å². The summed E-state index contributed by atoms with van der Waals surface area (Å²) in [4.78, 5) is 11.8. The summed E-state index contributed by atoms with van der Waals surface area (Å²) in [5.41, 5.74) is 8.24. The summed E-state index contributed by atoms with van der Waals surface area (Å²) in [5, 5.41) is 0. The Morgan fingerprint density at radius 3 is 2.10 bits per heavy atom. The van der Waals surface area contributed by atoms with Gasteiger partial charge in [0.25, 0.3) is 5.91 Å². The average Bonchev–Trinajstić information content (AvgIpc) is 2.46. The Labute approximate surface area is 118 Å². The topological polar surface area (TPSA) is 50.4 Å². The first kappa shape index (κ1) is 14.1. The lowest BCUT2D eigenvalue weighted by atomic mass is 10.1. The molecule has 0 atom stereocenters. The van der Waals surface area contributed by atoms with Crippen molar-refractivity contribution < 1.29 is 9.53 Å². The van der Waals surface area contributed by atoms with Gasteiger partial charge in [-0.2, -0.15) is 5.43 Å². The van der Waals surface area contributed by atoms with E-state index in [1.807, 2.05) is 50.2 Å². The Morgan fingerprint density at radius 1 is 0.950 bits per heavy atom. The molecule has 0 aliphatic carbocycles. The van der Waals surface area contributed by atoms with Crippen molar-refractivity contribution in [1.82, 2.24) is 10.9 Å². The van der Waals surface area contributed by atoms with E-state index in [0.717, 1.165) is 11.3 Å². The number of amides is 1. The van der Waals surface area contributed by atoms with Gasteiger partial charge in [-0.1, -0.05) is 35.4 Å². The fourth-order valence-corrected chi connectivity index (χ4v) is 1.65. The Kier molecular flexibility index (Phi) is 4.74. The largest absolute Gasteiger partial charge is 0.477 e. The number of benzene rings is 2. The van der Waals surface area contributed by atoms with Gasteiger partial charge in [-0.05, 0) is 38.1 Å². The van der Waals surface area contributed by atoms with E-state index in [9.17, 15) is 4.79 Å². The molecule has 0 unspecified atom stereocenters. The summed E-state index contributed by atoms with van der Waals surface area (Å²) in [6.45, 7) is 4.21. The fraction of sp³-hybridized carbons (Fsp3) is 0.188. The molecule has 2 rings (SSSR count). The highest BCUT2D eigenvalue weighted by Gasteiger charge is 2.03. The average molecular weight is 270 g/mol. The van der Waals surface area contributed by atoms with Crippen LogP contribution in [0.25, 0.3) is 0 Å². The summed E-state index contributed by atoms with van der Waals surface area (Å²) in [6.07, 6.45) is 0. The Balaban J connectivity index is 1.74. The van der Waals surface area contributed by atoms with Gasteiger partial charge in [-0.15, -0.1) is 0 Å². The smallest absolute Gasteiger partial charge is 0.265 e. The van der Waals surface area contributed by atoms with Crippen LogP contribution in [0.4, 0.5) is 0 Å². The molecule has 0 saturated carbocycles. The lowest BCUT2D eigenvalue weighted by molar-refractivity contribution is 0.0914. The van der Waals surface area contributed by atoms with Crippen LogP contribution in [-0.2, 0) is 0 Å². The molecule has 0 spiro atoms. The Morgan fingerprint density at radius 2 is 1.50 bits per heavy atom. The zero-order valence-electron chi connectivity index (χ0n) is 11.6. The molecule has 0 aliphatic heterocycles. The lowest BCUT2D eigenvalue weighted by Gasteiger charge is -2.09. The van der Waals surface area contributed by atoms with E-state index < -0.39 is 0 Å². The quantitative estimate of drug-likeness (QED) is 0.499. The molecule has 0 heterocycles. The van der Waals surface area contributed by atoms with Crippen molar-refractivity contribution in [2.45, 2.75) is 13.8 Å². The molecule has 2 N–H and O–H groups in total. The van der Waals surface area contributed by atoms with Crippen LogP contribution in [0.2, 0.25) is 0 Å². The summed E-state index contributed by atoms with van der Waals surface area (Å²) in [5.74, 6) is 0.574. The van der Waals surface area contributed by atoms with Crippen LogP contribution in [0.3, 0.4) is 0 Å². The molecule has 4 nitrogen and oxygen atoms in total. The highest BCUT2D eigenvalue weighted by atomic mass is 16.5. The van der Waals surface area contributed by atoms with E-state index in [2.05, 4.69) is 10.9 Å². The number of hydrazine groups is 1. The fourth-order valence-electron chi connectivity index (χ4n) is 1.65. The second kappa shape index (κ2) is 6.73. The molecular formula is C16H18N2O2. The third-order valence-corrected chi connectivity index (χ3v) is 2.85. The first-order valence-corrected chi connectivity index (χ1v) is 6.44. The highest BCUT2D eigenvalue weighted by molar-refractivity contribution is 5.93. The number of rotatable bonds is 5. The minimum absolute atomic E-state index is 0.183. The number of nitrogens with one attached hydrogen (secondary N) is 2. The van der Waals surface area contributed by atoms with E-state index in [4.69, 9.17) is 4.74 Å². The predicted octanol–water partition coefficient (Wildman–Crippen LogP) is 2.57. The maximum Gasteiger partial charge on any atom is 0.265 e. The number of carbonyl (C=O) groups is 1. The maximum absolute atomic E-state index is 11.8. The van der Waals surface area contributed by atoms with Crippen LogP contribution in [0.15, 0.2) is 48.5 Å². The monoisotopic (exact) mass is 270 g/mol. The molecule has 1 amide bonds. The van der Waals surface area contributed by atoms with Crippen molar-refractivity contribution in [3.05, 3.63) is 65.2 Å². The second-order valence-electron chi connectivity index (χ2n) is 4.60. The minimum atomic E-state index is -0.183. The number of carbonyl (C=O) groups excluding carboxylic acids is 1. The van der Waals surface area contributed by atoms with Crippen molar-refractivity contribution >= 4 is 5.91 Å². The van der Waals surface area contributed by atoms with Gasteiger partial charge >= 0.3 is 0 Å². The number of aryl methyl sites for hydroxylation is 2. The van der Waals surface area contributed by atoms with Crippen molar-refractivity contribution in [1.29, 1.82) is 0 Å². The molecule has 0 aliphatic rings. The first-order valence-electron chi connectivity index (χ1n) is 6.44. The number of hydrogen-bond donors (Lipinski definition) is 2. The van der Waals surface area contributed by atoms with Crippen LogP contribution in [0.1, 0.15) is 21.5 Å². The molecule has 0 bridgehead atoms. The van der Waals surface area contributed by atoms with Crippen molar-refractivity contribution in [3.63, 3.8) is 0 Å². The lowest BCUT2D eigenvalue weighted by Crippen LogP contribution is -2.39. The van der Waals surface area contributed by atoms with Gasteiger partial charge in [0.05, 0.1) is 0 Å². The minimum Gasteiger partial charge on any atom is -0.477 e. The summed E-state index contributed by atoms with van der Waals surface area (Å²) in [6, 6.07) is 15.1. The van der Waals surface area contributed by atoms with Gasteiger partial charge in [0.2, 0.25) is 0 Å². The van der Waals surface area contributed by atoms with Crippen molar-refractivity contribution in [3.8, 4) is 5.75 Å². The third-order valence-electron chi connectivity index (χ3n) is 2.85. The van der Waals surface area contributed by atoms with E-state index >= 15 is 0 Å². The SMILES string of the molecule is Cc1ccc(OCNNC(=O)c2ccc(C)cc2)cc1. The predicted molar refractivity (Wildman–Crippen MR) is 78.5 cm³/mol. The molecule has 20 heavy (non-hydrogen) atoms. The zero-order chi connectivity index (χ0) is 14.4. The molecule has 0 fully saturated rings. The van der Waals surface area contributed by atoms with Gasteiger partial charge in [0.1, 0.15) is 5.75 Å². The summed E-state index contributed by atoms with van der Waals surface area (Å²) < 4.78 is 5.44. The molecule has 104 valence electrons. The normalized spacial score (nSPS) is 10.1. The molecule has 0 radical (unpaired) electrons. The first-order chi connectivity index (χ1) is 9.65. The van der Waals surface area contributed by atoms with Gasteiger partial charge in [-0.25, -0.2) is 0 Å². The van der Waals surface area contributed by atoms with Crippen LogP contribution in [-0.4, -0.2) is 12.6 Å². The molecule has 2 aromatic carbocycles. The van der Waals surface area contributed by atoms with Crippen molar-refractivity contribution in [2.75, 3.05) is 6.73 Å². The molecular weight excluding hydrogens is 252 g/mol. The van der Waals surface area contributed by atoms with Gasteiger partial charge in [0, 0.05) is 5.56 Å². The molecule has 0 saturated heterocycles. The van der Waals surface area contributed by atoms with Gasteiger partial charge in [0.15, 0.2) is 6.73 Å². The van der Waals surface area contributed by atoms with Crippen LogP contribution >= 0.6 is 0 Å². The summed E-state index contributed by atoms with van der Waals surface area (Å²) >= 11 is 0. The third kappa shape index (κ3) is 4.10. The Bertz CT molecular complexity index is 562. The van der Waals surface area contributed by atoms with Gasteiger partial charge < -0.3 is 4.74 Å². The molecule has 4 heteroatoms. The van der Waals surface area contributed by atoms with Crippen molar-refractivity contribution in [2.24, 2.45) is 0 Å². The summed E-state index contributed by atoms with van der Waals surface area (Å²) in [7, 11) is 0. The molecule has 2 aromatic rings.